The number of rotatable bonds is 5. The van der Waals surface area contributed by atoms with Gasteiger partial charge in [0.1, 0.15) is 0 Å². The molecule has 0 saturated carbocycles. The van der Waals surface area contributed by atoms with Crippen molar-refractivity contribution in [3.05, 3.63) is 29.8 Å². The van der Waals surface area contributed by atoms with Crippen molar-refractivity contribution in [3.63, 3.8) is 0 Å². The summed E-state index contributed by atoms with van der Waals surface area (Å²) in [6.45, 7) is 11.5. The molecule has 0 aliphatic carbocycles. The Morgan fingerprint density at radius 2 is 1.60 bits per heavy atom. The molecule has 1 aromatic rings. The van der Waals surface area contributed by atoms with E-state index < -0.39 is 0 Å². The molecule has 1 aliphatic rings. The first-order chi connectivity index (χ1) is 9.56. The quantitative estimate of drug-likeness (QED) is 0.817. The van der Waals surface area contributed by atoms with Gasteiger partial charge in [0.25, 0.3) is 0 Å². The van der Waals surface area contributed by atoms with E-state index in [4.69, 9.17) is 0 Å². The van der Waals surface area contributed by atoms with E-state index in [-0.39, 0.29) is 0 Å². The van der Waals surface area contributed by atoms with Crippen LogP contribution in [0.2, 0.25) is 0 Å². The summed E-state index contributed by atoms with van der Waals surface area (Å²) < 4.78 is 0. The van der Waals surface area contributed by atoms with E-state index in [2.05, 4.69) is 66.9 Å². The number of benzene rings is 1. The lowest BCUT2D eigenvalue weighted by atomic mass is 10.0. The number of anilines is 1. The van der Waals surface area contributed by atoms with Gasteiger partial charge < -0.3 is 9.80 Å². The van der Waals surface area contributed by atoms with Crippen LogP contribution >= 0.6 is 0 Å². The molecule has 0 amide bonds. The van der Waals surface area contributed by atoms with Crippen molar-refractivity contribution in [3.8, 4) is 0 Å². The van der Waals surface area contributed by atoms with E-state index in [1.807, 2.05) is 0 Å². The Morgan fingerprint density at radius 3 is 2.10 bits per heavy atom. The van der Waals surface area contributed by atoms with Crippen LogP contribution in [0.15, 0.2) is 24.3 Å². The zero-order valence-electron chi connectivity index (χ0n) is 13.5. The highest BCUT2D eigenvalue weighted by Crippen LogP contribution is 2.21. The van der Waals surface area contributed by atoms with Gasteiger partial charge >= 0.3 is 0 Å². The maximum absolute atomic E-state index is 2.57. The summed E-state index contributed by atoms with van der Waals surface area (Å²) in [5.74, 6) is 0.618. The predicted molar refractivity (Wildman–Crippen MR) is 87.7 cm³/mol. The zero-order chi connectivity index (χ0) is 14.5. The maximum Gasteiger partial charge on any atom is 0.0367 e. The smallest absolute Gasteiger partial charge is 0.0367 e. The number of nitrogens with zero attached hydrogens (tertiary/aromatic N) is 3. The van der Waals surface area contributed by atoms with Crippen molar-refractivity contribution in [1.29, 1.82) is 0 Å². The van der Waals surface area contributed by atoms with Gasteiger partial charge in [0.05, 0.1) is 0 Å². The molecule has 0 atom stereocenters. The molecule has 20 heavy (non-hydrogen) atoms. The van der Waals surface area contributed by atoms with Crippen LogP contribution in [0.3, 0.4) is 0 Å². The molecular weight excluding hydrogens is 246 g/mol. The second-order valence-corrected chi connectivity index (χ2v) is 6.38. The standard InChI is InChI=1S/C17H29N3/c1-15(2)16-5-7-17(8-6-16)20-13-11-19(12-14-20)10-9-18(3)4/h5-8,15H,9-14H2,1-4H3. The van der Waals surface area contributed by atoms with Crippen LogP contribution in [0, 0.1) is 0 Å². The SMILES string of the molecule is CC(C)c1ccc(N2CCN(CCN(C)C)CC2)cc1. The Hall–Kier alpha value is -1.06. The first-order valence-corrected chi connectivity index (χ1v) is 7.78. The Bertz CT molecular complexity index is 389. The van der Waals surface area contributed by atoms with Crippen molar-refractivity contribution in [2.24, 2.45) is 0 Å². The molecule has 1 aliphatic heterocycles. The second-order valence-electron chi connectivity index (χ2n) is 6.38. The molecule has 0 spiro atoms. The third kappa shape index (κ3) is 4.22. The summed E-state index contributed by atoms with van der Waals surface area (Å²) in [4.78, 5) is 7.34. The first kappa shape index (κ1) is 15.3. The molecule has 0 unspecified atom stereocenters. The Morgan fingerprint density at radius 1 is 1.00 bits per heavy atom. The molecule has 1 heterocycles. The monoisotopic (exact) mass is 275 g/mol. The Labute approximate surface area is 124 Å². The molecule has 0 radical (unpaired) electrons. The van der Waals surface area contributed by atoms with Gasteiger partial charge in [0, 0.05) is 45.0 Å². The van der Waals surface area contributed by atoms with Crippen molar-refractivity contribution in [1.82, 2.24) is 9.80 Å². The molecule has 1 aromatic carbocycles. The van der Waals surface area contributed by atoms with E-state index in [9.17, 15) is 0 Å². The van der Waals surface area contributed by atoms with Crippen LogP contribution < -0.4 is 4.90 Å². The number of hydrogen-bond donors (Lipinski definition) is 0. The molecule has 1 fully saturated rings. The fourth-order valence-electron chi connectivity index (χ4n) is 2.64. The highest BCUT2D eigenvalue weighted by Gasteiger charge is 2.16. The molecule has 3 nitrogen and oxygen atoms in total. The molecule has 3 heteroatoms. The maximum atomic E-state index is 2.57. The van der Waals surface area contributed by atoms with E-state index in [0.717, 1.165) is 19.6 Å². The average Bonchev–Trinajstić information content (AvgIpc) is 2.46. The summed E-state index contributed by atoms with van der Waals surface area (Å²) >= 11 is 0. The van der Waals surface area contributed by atoms with E-state index in [1.54, 1.807) is 0 Å². The average molecular weight is 275 g/mol. The van der Waals surface area contributed by atoms with E-state index in [1.165, 1.54) is 30.9 Å². The van der Waals surface area contributed by atoms with Gasteiger partial charge in [-0.1, -0.05) is 26.0 Å². The van der Waals surface area contributed by atoms with Gasteiger partial charge in [-0.2, -0.15) is 0 Å². The minimum atomic E-state index is 0.618. The van der Waals surface area contributed by atoms with Crippen LogP contribution in [0.1, 0.15) is 25.3 Å². The normalized spacial score (nSPS) is 17.2. The Kier molecular flexibility index (Phi) is 5.44. The predicted octanol–water partition coefficient (Wildman–Crippen LogP) is 2.49. The van der Waals surface area contributed by atoms with Gasteiger partial charge in [-0.05, 0) is 37.7 Å². The van der Waals surface area contributed by atoms with E-state index in [0.29, 0.717) is 5.92 Å². The fraction of sp³-hybridized carbons (Fsp3) is 0.647. The van der Waals surface area contributed by atoms with Crippen LogP contribution in [-0.2, 0) is 0 Å². The van der Waals surface area contributed by atoms with Crippen LogP contribution in [0.5, 0.6) is 0 Å². The van der Waals surface area contributed by atoms with E-state index >= 15 is 0 Å². The molecular formula is C17H29N3. The van der Waals surface area contributed by atoms with Crippen molar-refractivity contribution < 1.29 is 0 Å². The topological polar surface area (TPSA) is 9.72 Å². The molecule has 0 bridgehead atoms. The minimum Gasteiger partial charge on any atom is -0.369 e. The molecule has 112 valence electrons. The third-order valence-corrected chi connectivity index (χ3v) is 4.16. The van der Waals surface area contributed by atoms with Gasteiger partial charge in [-0.25, -0.2) is 0 Å². The lowest BCUT2D eigenvalue weighted by molar-refractivity contribution is 0.229. The van der Waals surface area contributed by atoms with Crippen molar-refractivity contribution >= 4 is 5.69 Å². The third-order valence-electron chi connectivity index (χ3n) is 4.16. The van der Waals surface area contributed by atoms with Crippen LogP contribution in [0.25, 0.3) is 0 Å². The number of likely N-dealkylation sites (N-methyl/N-ethyl adjacent to an activating group) is 1. The summed E-state index contributed by atoms with van der Waals surface area (Å²) in [6, 6.07) is 9.12. The van der Waals surface area contributed by atoms with Gasteiger partial charge in [-0.3, -0.25) is 4.90 Å². The largest absolute Gasteiger partial charge is 0.369 e. The van der Waals surface area contributed by atoms with Crippen LogP contribution in [0.4, 0.5) is 5.69 Å². The second kappa shape index (κ2) is 7.09. The van der Waals surface area contributed by atoms with Gasteiger partial charge in [0.2, 0.25) is 0 Å². The van der Waals surface area contributed by atoms with Crippen molar-refractivity contribution in [2.75, 3.05) is 58.3 Å². The molecule has 1 saturated heterocycles. The first-order valence-electron chi connectivity index (χ1n) is 7.78. The van der Waals surface area contributed by atoms with Gasteiger partial charge in [0.15, 0.2) is 0 Å². The summed E-state index contributed by atoms with van der Waals surface area (Å²) in [5, 5.41) is 0. The zero-order valence-corrected chi connectivity index (χ0v) is 13.5. The molecule has 0 aromatic heterocycles. The van der Waals surface area contributed by atoms with Crippen LogP contribution in [-0.4, -0.2) is 63.2 Å². The highest BCUT2D eigenvalue weighted by molar-refractivity contribution is 5.48. The van der Waals surface area contributed by atoms with Gasteiger partial charge in [-0.15, -0.1) is 0 Å². The fourth-order valence-corrected chi connectivity index (χ4v) is 2.64. The summed E-state index contributed by atoms with van der Waals surface area (Å²) in [6.07, 6.45) is 0. The highest BCUT2D eigenvalue weighted by atomic mass is 15.3. The Balaban J connectivity index is 1.84. The lowest BCUT2D eigenvalue weighted by Gasteiger charge is -2.36. The minimum absolute atomic E-state index is 0.618. The number of piperazine rings is 1. The summed E-state index contributed by atoms with van der Waals surface area (Å²) in [5.41, 5.74) is 2.81. The molecule has 0 N–H and O–H groups in total. The number of hydrogen-bond acceptors (Lipinski definition) is 3. The lowest BCUT2D eigenvalue weighted by Crippen LogP contribution is -2.48. The molecule has 2 rings (SSSR count). The summed E-state index contributed by atoms with van der Waals surface area (Å²) in [7, 11) is 4.29. The van der Waals surface area contributed by atoms with Crippen molar-refractivity contribution in [2.45, 2.75) is 19.8 Å².